The van der Waals surface area contributed by atoms with Gasteiger partial charge in [0.2, 0.25) is 0 Å². The quantitative estimate of drug-likeness (QED) is 0.345. The molecule has 0 saturated heterocycles. The monoisotopic (exact) mass is 404 g/mol. The van der Waals surface area contributed by atoms with E-state index < -0.39 is 0 Å². The molecule has 146 valence electrons. The second kappa shape index (κ2) is 8.41. The van der Waals surface area contributed by atoms with E-state index in [0.29, 0.717) is 33.2 Å². The summed E-state index contributed by atoms with van der Waals surface area (Å²) in [6.45, 7) is 0. The van der Waals surface area contributed by atoms with Crippen LogP contribution in [0.15, 0.2) is 82.7 Å². The molecule has 0 aliphatic heterocycles. The Hall–Kier alpha value is -3.25. The number of hydrogen-bond acceptors (Lipinski definition) is 5. The lowest BCUT2D eigenvalue weighted by Gasteiger charge is -2.15. The van der Waals surface area contributed by atoms with E-state index in [9.17, 15) is 4.79 Å². The summed E-state index contributed by atoms with van der Waals surface area (Å²) in [5.41, 5.74) is 2.32. The Morgan fingerprint density at radius 2 is 1.72 bits per heavy atom. The molecule has 6 heteroatoms. The molecule has 0 atom stereocenters. The zero-order valence-corrected chi connectivity index (χ0v) is 17.0. The lowest BCUT2D eigenvalue weighted by Crippen LogP contribution is -2.22. The van der Waals surface area contributed by atoms with E-state index in [1.807, 2.05) is 66.7 Å². The van der Waals surface area contributed by atoms with Crippen LogP contribution < -0.4 is 15.0 Å². The average Bonchev–Trinajstić information content (AvgIpc) is 2.78. The van der Waals surface area contributed by atoms with Crippen molar-refractivity contribution in [2.45, 2.75) is 10.9 Å². The topological polar surface area (TPSA) is 53.3 Å². The predicted molar refractivity (Wildman–Crippen MR) is 116 cm³/mol. The molecule has 4 aromatic rings. The van der Waals surface area contributed by atoms with Gasteiger partial charge in [-0.1, -0.05) is 48.2 Å². The molecule has 0 bridgehead atoms. The summed E-state index contributed by atoms with van der Waals surface area (Å²) in [4.78, 5) is 18.1. The summed E-state index contributed by atoms with van der Waals surface area (Å²) in [5, 5.41) is 1.19. The second-order valence-corrected chi connectivity index (χ2v) is 7.31. The van der Waals surface area contributed by atoms with Crippen LogP contribution in [-0.2, 0) is 5.75 Å². The third-order valence-electron chi connectivity index (χ3n) is 4.57. The smallest absolute Gasteiger partial charge is 0.266 e. The van der Waals surface area contributed by atoms with Crippen molar-refractivity contribution in [3.05, 3.63) is 88.7 Å². The number of ether oxygens (including phenoxy) is 2. The van der Waals surface area contributed by atoms with Crippen LogP contribution >= 0.6 is 11.8 Å². The van der Waals surface area contributed by atoms with E-state index in [2.05, 4.69) is 0 Å². The van der Waals surface area contributed by atoms with Crippen LogP contribution in [0.2, 0.25) is 0 Å². The lowest BCUT2D eigenvalue weighted by atomic mass is 10.2. The van der Waals surface area contributed by atoms with Crippen molar-refractivity contribution in [3.63, 3.8) is 0 Å². The van der Waals surface area contributed by atoms with Crippen molar-refractivity contribution in [2.75, 3.05) is 14.2 Å². The molecule has 4 rings (SSSR count). The number of methoxy groups -OCH3 is 2. The molecule has 0 fully saturated rings. The molecule has 1 heterocycles. The van der Waals surface area contributed by atoms with Gasteiger partial charge in [-0.3, -0.25) is 9.36 Å². The first-order valence-corrected chi connectivity index (χ1v) is 10.1. The Labute approximate surface area is 172 Å². The van der Waals surface area contributed by atoms with Gasteiger partial charge in [-0.25, -0.2) is 4.98 Å². The molecule has 3 aromatic carbocycles. The maximum absolute atomic E-state index is 13.4. The molecule has 0 saturated carbocycles. The van der Waals surface area contributed by atoms with Gasteiger partial charge in [0.25, 0.3) is 5.56 Å². The van der Waals surface area contributed by atoms with E-state index in [-0.39, 0.29) is 5.56 Å². The van der Waals surface area contributed by atoms with Crippen LogP contribution in [0.3, 0.4) is 0 Å². The summed E-state index contributed by atoms with van der Waals surface area (Å²) >= 11 is 1.50. The fraction of sp³-hybridized carbons (Fsp3) is 0.130. The van der Waals surface area contributed by atoms with Gasteiger partial charge in [-0.2, -0.15) is 0 Å². The van der Waals surface area contributed by atoms with Gasteiger partial charge in [0, 0.05) is 5.75 Å². The Kier molecular flexibility index (Phi) is 5.53. The van der Waals surface area contributed by atoms with Gasteiger partial charge in [0.05, 0.1) is 30.8 Å². The molecule has 0 spiro atoms. The van der Waals surface area contributed by atoms with Crippen molar-refractivity contribution in [3.8, 4) is 17.2 Å². The Bertz CT molecular complexity index is 1220. The number of hydrogen-bond donors (Lipinski definition) is 0. The number of para-hydroxylation sites is 3. The van der Waals surface area contributed by atoms with Crippen LogP contribution in [0.5, 0.6) is 11.5 Å². The highest BCUT2D eigenvalue weighted by Gasteiger charge is 2.16. The first-order valence-electron chi connectivity index (χ1n) is 9.12. The number of aromatic nitrogens is 2. The molecule has 0 aliphatic carbocycles. The van der Waals surface area contributed by atoms with E-state index in [4.69, 9.17) is 14.5 Å². The number of nitrogens with zero attached hydrogens (tertiary/aromatic N) is 2. The zero-order chi connectivity index (χ0) is 20.2. The highest BCUT2D eigenvalue weighted by molar-refractivity contribution is 7.98. The van der Waals surface area contributed by atoms with Gasteiger partial charge in [-0.15, -0.1) is 0 Å². The van der Waals surface area contributed by atoms with Gasteiger partial charge < -0.3 is 9.47 Å². The molecule has 5 nitrogen and oxygen atoms in total. The summed E-state index contributed by atoms with van der Waals surface area (Å²) in [7, 11) is 3.25. The molecule has 0 radical (unpaired) electrons. The van der Waals surface area contributed by atoms with Crippen LogP contribution in [0, 0.1) is 0 Å². The molecular formula is C23H20N2O3S. The Morgan fingerprint density at radius 1 is 0.931 bits per heavy atom. The zero-order valence-electron chi connectivity index (χ0n) is 16.2. The lowest BCUT2D eigenvalue weighted by molar-refractivity contribution is 0.411. The van der Waals surface area contributed by atoms with Gasteiger partial charge in [0.15, 0.2) is 5.16 Å². The first-order chi connectivity index (χ1) is 14.2. The van der Waals surface area contributed by atoms with Crippen LogP contribution in [0.4, 0.5) is 0 Å². The van der Waals surface area contributed by atoms with Crippen molar-refractivity contribution >= 4 is 22.7 Å². The molecular weight excluding hydrogens is 384 g/mol. The van der Waals surface area contributed by atoms with Gasteiger partial charge in [0.1, 0.15) is 11.5 Å². The summed E-state index contributed by atoms with van der Waals surface area (Å²) in [5.74, 6) is 2.07. The minimum absolute atomic E-state index is 0.117. The summed E-state index contributed by atoms with van der Waals surface area (Å²) in [6.07, 6.45) is 0. The highest BCUT2D eigenvalue weighted by atomic mass is 32.2. The van der Waals surface area contributed by atoms with E-state index in [1.54, 1.807) is 24.9 Å². The van der Waals surface area contributed by atoms with Crippen molar-refractivity contribution < 1.29 is 9.47 Å². The first kappa shape index (κ1) is 19.1. The molecule has 1 aromatic heterocycles. The number of rotatable bonds is 6. The number of thioether (sulfide) groups is 1. The van der Waals surface area contributed by atoms with E-state index >= 15 is 0 Å². The van der Waals surface area contributed by atoms with E-state index in [0.717, 1.165) is 11.3 Å². The standard InChI is InChI=1S/C23H20N2O3S/c1-27-17-9-7-8-16(14-17)15-29-23-24-19-11-4-3-10-18(19)22(26)25(23)20-12-5-6-13-21(20)28-2/h3-14H,15H2,1-2H3. The fourth-order valence-corrected chi connectivity index (χ4v) is 4.09. The molecule has 0 unspecified atom stereocenters. The van der Waals surface area contributed by atoms with Crippen LogP contribution in [0.25, 0.3) is 16.6 Å². The fourth-order valence-electron chi connectivity index (χ4n) is 3.15. The minimum atomic E-state index is -0.117. The average molecular weight is 404 g/mol. The summed E-state index contributed by atoms with van der Waals surface area (Å²) < 4.78 is 12.4. The van der Waals surface area contributed by atoms with Crippen LogP contribution in [-0.4, -0.2) is 23.8 Å². The maximum atomic E-state index is 13.4. The minimum Gasteiger partial charge on any atom is -0.497 e. The number of benzene rings is 3. The molecule has 29 heavy (non-hydrogen) atoms. The molecule has 0 amide bonds. The third-order valence-corrected chi connectivity index (χ3v) is 5.58. The van der Waals surface area contributed by atoms with E-state index in [1.165, 1.54) is 11.8 Å². The van der Waals surface area contributed by atoms with Crippen molar-refractivity contribution in [1.82, 2.24) is 9.55 Å². The third kappa shape index (κ3) is 3.84. The molecule has 0 aliphatic rings. The molecule has 0 N–H and O–H groups in total. The SMILES string of the molecule is COc1cccc(CSc2nc3ccccc3c(=O)n2-c2ccccc2OC)c1. The highest BCUT2D eigenvalue weighted by Crippen LogP contribution is 2.29. The maximum Gasteiger partial charge on any atom is 0.266 e. The largest absolute Gasteiger partial charge is 0.497 e. The van der Waals surface area contributed by atoms with Gasteiger partial charge >= 0.3 is 0 Å². The predicted octanol–water partition coefficient (Wildman–Crippen LogP) is 4.70. The Morgan fingerprint density at radius 3 is 2.55 bits per heavy atom. The number of fused-ring (bicyclic) bond motifs is 1. The normalized spacial score (nSPS) is 10.8. The van der Waals surface area contributed by atoms with Crippen molar-refractivity contribution in [1.29, 1.82) is 0 Å². The van der Waals surface area contributed by atoms with Gasteiger partial charge in [-0.05, 0) is 42.0 Å². The Balaban J connectivity index is 1.84. The summed E-state index contributed by atoms with van der Waals surface area (Å²) in [6, 6.07) is 22.7. The second-order valence-electron chi connectivity index (χ2n) is 6.36. The van der Waals surface area contributed by atoms with Crippen LogP contribution in [0.1, 0.15) is 5.56 Å². The van der Waals surface area contributed by atoms with Crippen molar-refractivity contribution in [2.24, 2.45) is 0 Å².